The molecule has 2 nitrogen and oxygen atoms in total. The van der Waals surface area contributed by atoms with E-state index >= 15 is 0 Å². The zero-order chi connectivity index (χ0) is 8.60. The summed E-state index contributed by atoms with van der Waals surface area (Å²) in [6.45, 7) is 0. The van der Waals surface area contributed by atoms with Crippen molar-refractivity contribution in [1.29, 1.82) is 0 Å². The van der Waals surface area contributed by atoms with Gasteiger partial charge in [0.1, 0.15) is 12.1 Å². The first-order valence-electron chi connectivity index (χ1n) is 5.35. The van der Waals surface area contributed by atoms with Crippen molar-refractivity contribution < 1.29 is 4.59 Å². The summed E-state index contributed by atoms with van der Waals surface area (Å²) in [5.74, 6) is 6.33. The molecular weight excluding hydrogens is 148 g/mol. The van der Waals surface area contributed by atoms with Gasteiger partial charge in [0.2, 0.25) is 0 Å². The van der Waals surface area contributed by atoms with Crippen LogP contribution >= 0.6 is 0 Å². The van der Waals surface area contributed by atoms with Crippen LogP contribution in [0.4, 0.5) is 0 Å². The fourth-order valence-electron chi connectivity index (χ4n) is 2.57. The van der Waals surface area contributed by atoms with E-state index in [-0.39, 0.29) is 0 Å². The van der Waals surface area contributed by atoms with E-state index in [1.165, 1.54) is 44.9 Å². The molecule has 0 aromatic rings. The van der Waals surface area contributed by atoms with Crippen LogP contribution in [0.1, 0.15) is 44.9 Å². The molecule has 2 fully saturated rings. The monoisotopic (exact) mass is 169 g/mol. The van der Waals surface area contributed by atoms with Crippen LogP contribution in [0.5, 0.6) is 0 Å². The quantitative estimate of drug-likeness (QED) is 0.381. The zero-order valence-corrected chi connectivity index (χ0v) is 8.13. The number of nitrogens with two attached hydrogens (primary N) is 1. The number of quaternary nitrogens is 1. The summed E-state index contributed by atoms with van der Waals surface area (Å²) in [6.07, 6.45) is 9.70. The van der Waals surface area contributed by atoms with E-state index in [9.17, 15) is 0 Å². The van der Waals surface area contributed by atoms with Crippen LogP contribution in [0.3, 0.4) is 0 Å². The number of hydrogen-bond acceptors (Lipinski definition) is 1. The fourth-order valence-corrected chi connectivity index (χ4v) is 2.57. The molecule has 1 atom stereocenters. The first-order chi connectivity index (χ1) is 5.71. The standard InChI is InChI=1S/C10H21N2/c1-12(11,10-7-8-10)9-5-3-2-4-6-9/h9-10H,2-8,11H2,1H3/q+1. The van der Waals surface area contributed by atoms with Gasteiger partial charge in [-0.15, -0.1) is 0 Å². The molecule has 2 heteroatoms. The van der Waals surface area contributed by atoms with Crippen molar-refractivity contribution in [2.75, 3.05) is 7.05 Å². The van der Waals surface area contributed by atoms with Gasteiger partial charge in [-0.3, -0.25) is 0 Å². The maximum absolute atomic E-state index is 6.33. The third-order valence-electron chi connectivity index (χ3n) is 3.70. The van der Waals surface area contributed by atoms with Gasteiger partial charge < -0.3 is 0 Å². The highest BCUT2D eigenvalue weighted by Crippen LogP contribution is 2.35. The van der Waals surface area contributed by atoms with Gasteiger partial charge in [0, 0.05) is 25.7 Å². The van der Waals surface area contributed by atoms with Crippen molar-refractivity contribution in [2.45, 2.75) is 57.0 Å². The van der Waals surface area contributed by atoms with Gasteiger partial charge in [0.25, 0.3) is 0 Å². The Hall–Kier alpha value is -0.0800. The van der Waals surface area contributed by atoms with Crippen LogP contribution in [-0.4, -0.2) is 23.7 Å². The van der Waals surface area contributed by atoms with E-state index in [1.807, 2.05) is 0 Å². The molecule has 2 rings (SSSR count). The molecule has 2 N–H and O–H groups in total. The molecule has 2 saturated carbocycles. The lowest BCUT2D eigenvalue weighted by Gasteiger charge is -2.38. The second-order valence-electron chi connectivity index (χ2n) is 4.74. The van der Waals surface area contributed by atoms with Gasteiger partial charge in [-0.1, -0.05) is 6.42 Å². The Morgan fingerprint density at radius 1 is 0.917 bits per heavy atom. The highest BCUT2D eigenvalue weighted by Gasteiger charge is 2.44. The molecule has 0 bridgehead atoms. The molecule has 12 heavy (non-hydrogen) atoms. The van der Waals surface area contributed by atoms with Crippen LogP contribution < -0.4 is 5.84 Å². The minimum Gasteiger partial charge on any atom is -0.246 e. The summed E-state index contributed by atoms with van der Waals surface area (Å²) in [7, 11) is 2.23. The molecule has 0 spiro atoms. The SMILES string of the molecule is C[N+](N)(C1CCCCC1)C1CC1. The summed E-state index contributed by atoms with van der Waals surface area (Å²) in [5.41, 5.74) is 0. The van der Waals surface area contributed by atoms with E-state index in [0.29, 0.717) is 0 Å². The Bertz CT molecular complexity index is 155. The van der Waals surface area contributed by atoms with Crippen molar-refractivity contribution in [2.24, 2.45) is 5.84 Å². The third kappa shape index (κ3) is 1.50. The zero-order valence-electron chi connectivity index (χ0n) is 8.13. The van der Waals surface area contributed by atoms with E-state index in [1.54, 1.807) is 0 Å². The van der Waals surface area contributed by atoms with E-state index in [2.05, 4.69) is 7.05 Å². The molecule has 0 aliphatic heterocycles. The molecule has 0 amide bonds. The minimum absolute atomic E-state index is 0.770. The smallest absolute Gasteiger partial charge is 0.107 e. The van der Waals surface area contributed by atoms with Crippen LogP contribution in [-0.2, 0) is 0 Å². The Morgan fingerprint density at radius 3 is 1.92 bits per heavy atom. The molecular formula is C10H21N2+. The summed E-state index contributed by atoms with van der Waals surface area (Å²) in [6, 6.07) is 1.57. The number of nitrogens with zero attached hydrogens (tertiary/aromatic N) is 1. The number of hydrogen-bond donors (Lipinski definition) is 1. The topological polar surface area (TPSA) is 26.0 Å². The molecule has 2 aliphatic rings. The maximum atomic E-state index is 6.33. The van der Waals surface area contributed by atoms with Crippen molar-refractivity contribution in [3.8, 4) is 0 Å². The molecule has 2 aliphatic carbocycles. The maximum Gasteiger partial charge on any atom is 0.107 e. The Morgan fingerprint density at radius 2 is 1.42 bits per heavy atom. The molecule has 1 unspecified atom stereocenters. The largest absolute Gasteiger partial charge is 0.246 e. The first-order valence-corrected chi connectivity index (χ1v) is 5.35. The van der Waals surface area contributed by atoms with Crippen molar-refractivity contribution in [1.82, 2.24) is 0 Å². The molecule has 0 aromatic carbocycles. The van der Waals surface area contributed by atoms with Gasteiger partial charge in [-0.25, -0.2) is 4.59 Å². The van der Waals surface area contributed by atoms with E-state index < -0.39 is 0 Å². The van der Waals surface area contributed by atoms with Crippen molar-refractivity contribution in [3.05, 3.63) is 0 Å². The second-order valence-corrected chi connectivity index (χ2v) is 4.74. The van der Waals surface area contributed by atoms with Crippen molar-refractivity contribution >= 4 is 0 Å². The van der Waals surface area contributed by atoms with E-state index in [0.717, 1.165) is 16.7 Å². The van der Waals surface area contributed by atoms with Gasteiger partial charge in [0.05, 0.1) is 7.05 Å². The summed E-state index contributed by atoms with van der Waals surface area (Å²) >= 11 is 0. The first kappa shape index (κ1) is 8.52. The molecule has 0 saturated heterocycles. The lowest BCUT2D eigenvalue weighted by Crippen LogP contribution is -2.60. The summed E-state index contributed by atoms with van der Waals surface area (Å²) < 4.78 is 0.833. The van der Waals surface area contributed by atoms with Crippen molar-refractivity contribution in [3.63, 3.8) is 0 Å². The second kappa shape index (κ2) is 3.00. The Balaban J connectivity index is 1.95. The minimum atomic E-state index is 0.770. The predicted octanol–water partition coefficient (Wildman–Crippen LogP) is 1.80. The molecule has 70 valence electrons. The van der Waals surface area contributed by atoms with E-state index in [4.69, 9.17) is 5.84 Å². The van der Waals surface area contributed by atoms with Crippen LogP contribution in [0.2, 0.25) is 0 Å². The molecule has 0 heterocycles. The fraction of sp³-hybridized carbons (Fsp3) is 1.00. The molecule has 0 aromatic heterocycles. The summed E-state index contributed by atoms with van der Waals surface area (Å²) in [5, 5.41) is 0. The summed E-state index contributed by atoms with van der Waals surface area (Å²) in [4.78, 5) is 0. The van der Waals surface area contributed by atoms with Crippen LogP contribution in [0.15, 0.2) is 0 Å². The van der Waals surface area contributed by atoms with Crippen LogP contribution in [0.25, 0.3) is 0 Å². The average molecular weight is 169 g/mol. The highest BCUT2D eigenvalue weighted by atomic mass is 15.6. The van der Waals surface area contributed by atoms with Gasteiger partial charge in [0.15, 0.2) is 0 Å². The average Bonchev–Trinajstić information content (AvgIpc) is 2.88. The van der Waals surface area contributed by atoms with Gasteiger partial charge >= 0.3 is 0 Å². The molecule has 0 radical (unpaired) electrons. The predicted molar refractivity (Wildman–Crippen MR) is 50.3 cm³/mol. The van der Waals surface area contributed by atoms with Gasteiger partial charge in [-0.2, -0.15) is 5.84 Å². The Labute approximate surface area is 75.3 Å². The normalized spacial score (nSPS) is 31.5. The third-order valence-corrected chi connectivity index (χ3v) is 3.70. The van der Waals surface area contributed by atoms with Crippen LogP contribution in [0, 0.1) is 0 Å². The number of rotatable bonds is 2. The highest BCUT2D eigenvalue weighted by molar-refractivity contribution is 4.77. The Kier molecular flexibility index (Phi) is 2.13. The lowest BCUT2D eigenvalue weighted by molar-refractivity contribution is -0.956. The lowest BCUT2D eigenvalue weighted by atomic mass is 9.94. The van der Waals surface area contributed by atoms with Gasteiger partial charge in [-0.05, 0) is 12.8 Å².